The number of alkyl halides is 3. The van der Waals surface area contributed by atoms with Gasteiger partial charge in [0.1, 0.15) is 10.1 Å². The largest absolute Gasteiger partial charge is 0.496 e. The predicted octanol–water partition coefficient (Wildman–Crippen LogP) is 4.87. The Kier molecular flexibility index (Phi) is 5.06. The third-order valence-corrected chi connectivity index (χ3v) is 4.83. The van der Waals surface area contributed by atoms with E-state index in [0.29, 0.717) is 31.7 Å². The average Bonchev–Trinajstić information content (AvgIpc) is 2.91. The molecule has 2 aromatic carbocycles. The Hall–Kier alpha value is -2.32. The quantitative estimate of drug-likeness (QED) is 0.594. The van der Waals surface area contributed by atoms with Crippen LogP contribution >= 0.6 is 24.0 Å². The number of halogens is 3. The molecule has 1 saturated heterocycles. The number of thioether (sulfide) groups is 1. The van der Waals surface area contributed by atoms with Gasteiger partial charge in [0.05, 0.1) is 17.6 Å². The highest BCUT2D eigenvalue weighted by Crippen LogP contribution is 2.36. The summed E-state index contributed by atoms with van der Waals surface area (Å²) in [5.74, 6) is 0.141. The molecule has 0 atom stereocenters. The molecule has 26 heavy (non-hydrogen) atoms. The molecule has 134 valence electrons. The fourth-order valence-electron chi connectivity index (χ4n) is 2.48. The van der Waals surface area contributed by atoms with Gasteiger partial charge in [-0.05, 0) is 41.5 Å². The van der Waals surface area contributed by atoms with Crippen LogP contribution in [0.4, 0.5) is 13.2 Å². The van der Waals surface area contributed by atoms with Crippen molar-refractivity contribution in [2.75, 3.05) is 7.11 Å². The zero-order valence-electron chi connectivity index (χ0n) is 13.4. The minimum atomic E-state index is -4.43. The van der Waals surface area contributed by atoms with Crippen LogP contribution in [0.5, 0.6) is 5.75 Å². The number of carbonyl (C=O) groups excluding carboxylic acids is 1. The maximum Gasteiger partial charge on any atom is 0.416 e. The van der Waals surface area contributed by atoms with Gasteiger partial charge in [0.15, 0.2) is 0 Å². The third kappa shape index (κ3) is 3.91. The van der Waals surface area contributed by atoms with Crippen molar-refractivity contribution in [1.82, 2.24) is 5.32 Å². The van der Waals surface area contributed by atoms with E-state index in [1.165, 1.54) is 13.2 Å². The van der Waals surface area contributed by atoms with Gasteiger partial charge in [0.2, 0.25) is 0 Å². The monoisotopic (exact) mass is 395 g/mol. The van der Waals surface area contributed by atoms with Crippen molar-refractivity contribution < 1.29 is 22.7 Å². The molecule has 0 bridgehead atoms. The van der Waals surface area contributed by atoms with Gasteiger partial charge in [-0.1, -0.05) is 42.2 Å². The molecule has 1 heterocycles. The molecule has 0 aromatic heterocycles. The van der Waals surface area contributed by atoms with E-state index in [2.05, 4.69) is 5.32 Å². The number of hydrogen-bond donors (Lipinski definition) is 1. The Bertz CT molecular complexity index is 923. The van der Waals surface area contributed by atoms with Crippen LogP contribution in [0.3, 0.4) is 0 Å². The smallest absolute Gasteiger partial charge is 0.416 e. The van der Waals surface area contributed by atoms with Gasteiger partial charge in [-0.15, -0.1) is 0 Å². The molecule has 0 radical (unpaired) electrons. The van der Waals surface area contributed by atoms with Crippen LogP contribution in [0, 0.1) is 0 Å². The fourth-order valence-corrected chi connectivity index (χ4v) is 3.52. The summed E-state index contributed by atoms with van der Waals surface area (Å²) in [5.41, 5.74) is 0.785. The second-order valence-electron chi connectivity index (χ2n) is 5.39. The maximum atomic E-state index is 13.0. The zero-order valence-corrected chi connectivity index (χ0v) is 15.0. The second kappa shape index (κ2) is 7.13. The number of benzene rings is 2. The van der Waals surface area contributed by atoms with Gasteiger partial charge in [-0.25, -0.2) is 0 Å². The van der Waals surface area contributed by atoms with Crippen LogP contribution in [-0.4, -0.2) is 17.3 Å². The molecule has 1 amide bonds. The van der Waals surface area contributed by atoms with Crippen molar-refractivity contribution in [2.24, 2.45) is 0 Å². The fraction of sp³-hybridized carbons (Fsp3) is 0.111. The van der Waals surface area contributed by atoms with E-state index in [-0.39, 0.29) is 5.91 Å². The molecule has 3 rings (SSSR count). The predicted molar refractivity (Wildman–Crippen MR) is 99.7 cm³/mol. The topological polar surface area (TPSA) is 38.3 Å². The summed E-state index contributed by atoms with van der Waals surface area (Å²) in [6.07, 6.45) is -2.80. The molecule has 1 aliphatic heterocycles. The van der Waals surface area contributed by atoms with Crippen molar-refractivity contribution in [1.29, 1.82) is 0 Å². The van der Waals surface area contributed by atoms with E-state index in [1.807, 2.05) is 0 Å². The first-order chi connectivity index (χ1) is 12.3. The van der Waals surface area contributed by atoms with Crippen LogP contribution in [0.25, 0.3) is 17.2 Å². The Morgan fingerprint density at radius 1 is 1.19 bits per heavy atom. The number of thiocarbonyl (C=S) groups is 1. The Morgan fingerprint density at radius 3 is 2.58 bits per heavy atom. The standard InChI is InChI=1S/C18H12F3NO2S2/c1-24-14-6-5-10(8-15-16(23)22-17(25)26-15)7-13(14)11-3-2-4-12(9-11)18(19,20)21/h2-9H,1H3,(H,22,23,25)/b15-8-. The van der Waals surface area contributed by atoms with E-state index in [0.717, 1.165) is 23.9 Å². The van der Waals surface area contributed by atoms with Gasteiger partial charge in [-0.2, -0.15) is 13.2 Å². The van der Waals surface area contributed by atoms with Crippen LogP contribution in [-0.2, 0) is 11.0 Å². The molecular formula is C18H12F3NO2S2. The van der Waals surface area contributed by atoms with Crippen LogP contribution < -0.4 is 10.1 Å². The summed E-state index contributed by atoms with van der Waals surface area (Å²) < 4.78 is 44.6. The lowest BCUT2D eigenvalue weighted by Crippen LogP contribution is -2.17. The summed E-state index contributed by atoms with van der Waals surface area (Å²) >= 11 is 6.08. The van der Waals surface area contributed by atoms with E-state index < -0.39 is 11.7 Å². The van der Waals surface area contributed by atoms with Crippen LogP contribution in [0.1, 0.15) is 11.1 Å². The Balaban J connectivity index is 2.06. The molecular weight excluding hydrogens is 383 g/mol. The lowest BCUT2D eigenvalue weighted by Gasteiger charge is -2.12. The van der Waals surface area contributed by atoms with Crippen molar-refractivity contribution >= 4 is 40.3 Å². The number of nitrogens with one attached hydrogen (secondary N) is 1. The zero-order chi connectivity index (χ0) is 18.9. The second-order valence-corrected chi connectivity index (χ2v) is 7.11. The average molecular weight is 395 g/mol. The van der Waals surface area contributed by atoms with Crippen molar-refractivity contribution in [3.8, 4) is 16.9 Å². The summed E-state index contributed by atoms with van der Waals surface area (Å²) in [6, 6.07) is 10.1. The number of amides is 1. The first kappa shape index (κ1) is 18.5. The number of hydrogen-bond acceptors (Lipinski definition) is 4. The molecule has 2 aromatic rings. The Morgan fingerprint density at radius 2 is 1.96 bits per heavy atom. The lowest BCUT2D eigenvalue weighted by molar-refractivity contribution is -0.137. The number of methoxy groups -OCH3 is 1. The van der Waals surface area contributed by atoms with E-state index in [4.69, 9.17) is 17.0 Å². The van der Waals surface area contributed by atoms with Gasteiger partial charge in [-0.3, -0.25) is 4.79 Å². The highest BCUT2D eigenvalue weighted by molar-refractivity contribution is 8.26. The SMILES string of the molecule is COc1ccc(/C=C2\SC(=S)NC2=O)cc1-c1cccc(C(F)(F)F)c1. The lowest BCUT2D eigenvalue weighted by atomic mass is 9.99. The van der Waals surface area contributed by atoms with E-state index in [9.17, 15) is 18.0 Å². The summed E-state index contributed by atoms with van der Waals surface area (Å²) in [7, 11) is 1.45. The highest BCUT2D eigenvalue weighted by atomic mass is 32.2. The van der Waals surface area contributed by atoms with Crippen molar-refractivity contribution in [3.63, 3.8) is 0 Å². The summed E-state index contributed by atoms with van der Waals surface area (Å²) in [4.78, 5) is 12.2. The van der Waals surface area contributed by atoms with Gasteiger partial charge in [0, 0.05) is 5.56 Å². The number of rotatable bonds is 3. The first-order valence-corrected chi connectivity index (χ1v) is 8.61. The van der Waals surface area contributed by atoms with Crippen molar-refractivity contribution in [3.05, 3.63) is 58.5 Å². The summed E-state index contributed by atoms with van der Waals surface area (Å²) in [6.45, 7) is 0. The normalized spacial score (nSPS) is 16.1. The molecule has 3 nitrogen and oxygen atoms in total. The molecule has 1 N–H and O–H groups in total. The molecule has 0 spiro atoms. The molecule has 1 aliphatic rings. The van der Waals surface area contributed by atoms with E-state index in [1.54, 1.807) is 30.3 Å². The van der Waals surface area contributed by atoms with Crippen LogP contribution in [0.2, 0.25) is 0 Å². The minimum Gasteiger partial charge on any atom is -0.496 e. The Labute approximate surface area is 157 Å². The van der Waals surface area contributed by atoms with Gasteiger partial charge in [0.25, 0.3) is 5.91 Å². The van der Waals surface area contributed by atoms with Crippen molar-refractivity contribution in [2.45, 2.75) is 6.18 Å². The highest BCUT2D eigenvalue weighted by Gasteiger charge is 2.30. The van der Waals surface area contributed by atoms with Gasteiger partial charge < -0.3 is 10.1 Å². The molecule has 8 heteroatoms. The number of carbonyl (C=O) groups is 1. The third-order valence-electron chi connectivity index (χ3n) is 3.66. The maximum absolute atomic E-state index is 13.0. The molecule has 1 fully saturated rings. The summed E-state index contributed by atoms with van der Waals surface area (Å²) in [5, 5.41) is 2.52. The molecule has 0 saturated carbocycles. The minimum absolute atomic E-state index is 0.295. The number of ether oxygens (including phenoxy) is 1. The van der Waals surface area contributed by atoms with E-state index >= 15 is 0 Å². The first-order valence-electron chi connectivity index (χ1n) is 7.38. The van der Waals surface area contributed by atoms with Crippen LogP contribution in [0.15, 0.2) is 47.4 Å². The van der Waals surface area contributed by atoms with Gasteiger partial charge >= 0.3 is 6.18 Å². The molecule has 0 unspecified atom stereocenters. The molecule has 0 aliphatic carbocycles.